The number of H-pyrrole nitrogens is 1. The molecule has 2 rings (SSSR count). The first-order valence-electron chi connectivity index (χ1n) is 5.88. The number of aromatic nitrogens is 3. The number of hydrogen-bond donors (Lipinski definition) is 2. The van der Waals surface area contributed by atoms with Gasteiger partial charge in [-0.3, -0.25) is 14.7 Å². The van der Waals surface area contributed by atoms with Crippen LogP contribution in [0, 0.1) is 0 Å². The summed E-state index contributed by atoms with van der Waals surface area (Å²) in [6.07, 6.45) is 0. The van der Waals surface area contributed by atoms with Crippen molar-refractivity contribution in [1.29, 1.82) is 0 Å². The highest BCUT2D eigenvalue weighted by molar-refractivity contribution is 5.90. The van der Waals surface area contributed by atoms with Crippen molar-refractivity contribution in [3.05, 3.63) is 16.3 Å². The van der Waals surface area contributed by atoms with E-state index in [0.717, 1.165) is 37.5 Å². The van der Waals surface area contributed by atoms with Crippen LogP contribution in [0.5, 0.6) is 0 Å². The predicted molar refractivity (Wildman–Crippen MR) is 63.4 cm³/mol. The van der Waals surface area contributed by atoms with Crippen molar-refractivity contribution in [2.75, 3.05) is 39.4 Å². The Morgan fingerprint density at radius 2 is 2.22 bits per heavy atom. The zero-order valence-electron chi connectivity index (χ0n) is 10.3. The minimum Gasteiger partial charge on any atom is -0.379 e. The lowest BCUT2D eigenvalue weighted by Crippen LogP contribution is -2.41. The summed E-state index contributed by atoms with van der Waals surface area (Å²) in [4.78, 5) is 27.4. The molecule has 100 valence electrons. The van der Waals surface area contributed by atoms with Gasteiger partial charge in [-0.2, -0.15) is 0 Å². The fraction of sp³-hybridized carbons (Fsp3) is 0.700. The van der Waals surface area contributed by atoms with Gasteiger partial charge in [0.05, 0.1) is 13.2 Å². The Bertz CT molecular complexity index is 460. The van der Waals surface area contributed by atoms with Crippen LogP contribution in [0.15, 0.2) is 4.79 Å². The Morgan fingerprint density at radius 3 is 2.83 bits per heavy atom. The Hall–Kier alpha value is -1.67. The van der Waals surface area contributed by atoms with Crippen LogP contribution in [-0.4, -0.2) is 65.0 Å². The number of nitrogens with zero attached hydrogens (tertiary/aromatic N) is 3. The van der Waals surface area contributed by atoms with E-state index >= 15 is 0 Å². The molecule has 1 aliphatic heterocycles. The Morgan fingerprint density at radius 1 is 1.50 bits per heavy atom. The number of rotatable bonds is 4. The molecule has 0 saturated carbocycles. The Kier molecular flexibility index (Phi) is 4.11. The van der Waals surface area contributed by atoms with Gasteiger partial charge in [-0.15, -0.1) is 5.10 Å². The summed E-state index contributed by atoms with van der Waals surface area (Å²) in [6, 6.07) is 0. The predicted octanol–water partition coefficient (Wildman–Crippen LogP) is -1.83. The van der Waals surface area contributed by atoms with E-state index in [2.05, 4.69) is 20.3 Å². The molecule has 0 aliphatic carbocycles. The maximum Gasteiger partial charge on any atom is 0.343 e. The summed E-state index contributed by atoms with van der Waals surface area (Å²) >= 11 is 0. The van der Waals surface area contributed by atoms with Gasteiger partial charge in [0.15, 0.2) is 0 Å². The molecule has 0 unspecified atom stereocenters. The molecule has 1 amide bonds. The van der Waals surface area contributed by atoms with Crippen molar-refractivity contribution in [3.8, 4) is 0 Å². The molecule has 0 spiro atoms. The van der Waals surface area contributed by atoms with E-state index in [-0.39, 0.29) is 11.7 Å². The molecule has 1 aromatic heterocycles. The highest BCUT2D eigenvalue weighted by Gasteiger charge is 2.13. The zero-order chi connectivity index (χ0) is 13.0. The van der Waals surface area contributed by atoms with Crippen LogP contribution in [0.4, 0.5) is 0 Å². The standard InChI is InChI=1S/C10H17N5O3/c1-14-10(17)12-8(13-14)9(16)11-2-3-15-4-6-18-7-5-15/h2-7H2,1H3,(H,11,16)(H,12,13,17). The third-order valence-corrected chi connectivity index (χ3v) is 2.80. The second kappa shape index (κ2) is 5.78. The zero-order valence-corrected chi connectivity index (χ0v) is 10.3. The summed E-state index contributed by atoms with van der Waals surface area (Å²) in [7, 11) is 1.49. The van der Waals surface area contributed by atoms with Gasteiger partial charge < -0.3 is 10.1 Å². The monoisotopic (exact) mass is 255 g/mol. The number of aromatic amines is 1. The largest absolute Gasteiger partial charge is 0.379 e. The van der Waals surface area contributed by atoms with Crippen molar-refractivity contribution in [2.45, 2.75) is 0 Å². The Labute approximate surface area is 104 Å². The molecule has 0 radical (unpaired) electrons. The van der Waals surface area contributed by atoms with E-state index in [4.69, 9.17) is 4.74 Å². The molecular formula is C10H17N5O3. The lowest BCUT2D eigenvalue weighted by molar-refractivity contribution is 0.0383. The first-order chi connectivity index (χ1) is 8.66. The molecule has 0 aromatic carbocycles. The number of carbonyl (C=O) groups is 1. The minimum atomic E-state index is -0.395. The molecule has 1 fully saturated rings. The molecule has 0 atom stereocenters. The Balaban J connectivity index is 1.76. The van der Waals surface area contributed by atoms with Gasteiger partial charge in [0.1, 0.15) is 0 Å². The maximum absolute atomic E-state index is 11.7. The first kappa shape index (κ1) is 12.8. The molecular weight excluding hydrogens is 238 g/mol. The molecule has 2 heterocycles. The van der Waals surface area contributed by atoms with E-state index in [1.165, 1.54) is 7.05 Å². The fourth-order valence-corrected chi connectivity index (χ4v) is 1.74. The number of nitrogens with one attached hydrogen (secondary N) is 2. The van der Waals surface area contributed by atoms with Crippen LogP contribution in [-0.2, 0) is 11.8 Å². The quantitative estimate of drug-likeness (QED) is 0.660. The summed E-state index contributed by atoms with van der Waals surface area (Å²) in [6.45, 7) is 4.54. The molecule has 8 nitrogen and oxygen atoms in total. The van der Waals surface area contributed by atoms with Crippen LogP contribution >= 0.6 is 0 Å². The van der Waals surface area contributed by atoms with E-state index in [9.17, 15) is 9.59 Å². The summed E-state index contributed by atoms with van der Waals surface area (Å²) in [5, 5.41) is 6.50. The number of aryl methyl sites for hydroxylation is 1. The number of ether oxygens (including phenoxy) is 1. The molecule has 1 saturated heterocycles. The first-order valence-corrected chi connectivity index (χ1v) is 5.88. The van der Waals surface area contributed by atoms with Gasteiger partial charge in [-0.05, 0) is 0 Å². The maximum atomic E-state index is 11.7. The highest BCUT2D eigenvalue weighted by atomic mass is 16.5. The lowest BCUT2D eigenvalue weighted by atomic mass is 10.4. The third-order valence-electron chi connectivity index (χ3n) is 2.80. The van der Waals surface area contributed by atoms with Crippen LogP contribution in [0.25, 0.3) is 0 Å². The van der Waals surface area contributed by atoms with E-state index in [0.29, 0.717) is 6.54 Å². The number of carbonyl (C=O) groups excluding carboxylic acids is 1. The van der Waals surface area contributed by atoms with Gasteiger partial charge in [0, 0.05) is 33.2 Å². The highest BCUT2D eigenvalue weighted by Crippen LogP contribution is 1.95. The molecule has 2 N–H and O–H groups in total. The number of morpholine rings is 1. The average Bonchev–Trinajstić information content (AvgIpc) is 2.71. The van der Waals surface area contributed by atoms with Crippen LogP contribution in [0.3, 0.4) is 0 Å². The normalized spacial score (nSPS) is 16.7. The number of amides is 1. The van der Waals surface area contributed by atoms with E-state index < -0.39 is 5.69 Å². The van der Waals surface area contributed by atoms with Gasteiger partial charge >= 0.3 is 5.69 Å². The molecule has 1 aromatic rings. The topological polar surface area (TPSA) is 92.2 Å². The fourth-order valence-electron chi connectivity index (χ4n) is 1.74. The van der Waals surface area contributed by atoms with Gasteiger partial charge in [0.25, 0.3) is 5.91 Å². The molecule has 8 heteroatoms. The average molecular weight is 255 g/mol. The van der Waals surface area contributed by atoms with Crippen molar-refractivity contribution in [2.24, 2.45) is 7.05 Å². The second-order valence-electron chi connectivity index (χ2n) is 4.11. The van der Waals surface area contributed by atoms with Crippen LogP contribution in [0.1, 0.15) is 10.6 Å². The van der Waals surface area contributed by atoms with E-state index in [1.807, 2.05) is 0 Å². The lowest BCUT2D eigenvalue weighted by Gasteiger charge is -2.26. The van der Waals surface area contributed by atoms with Crippen molar-refractivity contribution >= 4 is 5.91 Å². The van der Waals surface area contributed by atoms with Crippen molar-refractivity contribution in [3.63, 3.8) is 0 Å². The van der Waals surface area contributed by atoms with Crippen molar-refractivity contribution < 1.29 is 9.53 Å². The van der Waals surface area contributed by atoms with Crippen LogP contribution < -0.4 is 11.0 Å². The minimum absolute atomic E-state index is 0.0458. The summed E-state index contributed by atoms with van der Waals surface area (Å²) in [5.41, 5.74) is -0.395. The van der Waals surface area contributed by atoms with Crippen molar-refractivity contribution in [1.82, 2.24) is 25.0 Å². The van der Waals surface area contributed by atoms with Crippen LogP contribution in [0.2, 0.25) is 0 Å². The smallest absolute Gasteiger partial charge is 0.343 e. The second-order valence-corrected chi connectivity index (χ2v) is 4.11. The summed E-state index contributed by atoms with van der Waals surface area (Å²) < 4.78 is 6.33. The van der Waals surface area contributed by atoms with Gasteiger partial charge in [-0.25, -0.2) is 9.48 Å². The van der Waals surface area contributed by atoms with Gasteiger partial charge in [-0.1, -0.05) is 0 Å². The summed E-state index contributed by atoms with van der Waals surface area (Å²) in [5.74, 6) is -0.314. The molecule has 0 bridgehead atoms. The SMILES string of the molecule is Cn1nc(C(=O)NCCN2CCOCC2)[nH]c1=O. The number of hydrogen-bond acceptors (Lipinski definition) is 5. The molecule has 18 heavy (non-hydrogen) atoms. The van der Waals surface area contributed by atoms with Gasteiger partial charge in [0.2, 0.25) is 5.82 Å². The third kappa shape index (κ3) is 3.17. The molecule has 1 aliphatic rings. The van der Waals surface area contributed by atoms with E-state index in [1.54, 1.807) is 0 Å².